The average molecular weight is 389 g/mol. The van der Waals surface area contributed by atoms with E-state index in [0.717, 1.165) is 75.3 Å². The van der Waals surface area contributed by atoms with Crippen molar-refractivity contribution < 1.29 is 5.11 Å². The van der Waals surface area contributed by atoms with E-state index >= 15 is 0 Å². The van der Waals surface area contributed by atoms with Crippen molar-refractivity contribution in [1.29, 1.82) is 0 Å². The molecule has 2 aliphatic rings. The summed E-state index contributed by atoms with van der Waals surface area (Å²) in [5, 5.41) is 11.3. The molecule has 2 aliphatic heterocycles. The van der Waals surface area contributed by atoms with Crippen LogP contribution >= 0.6 is 11.3 Å². The van der Waals surface area contributed by atoms with Gasteiger partial charge in [0.25, 0.3) is 0 Å². The number of aryl methyl sites for hydroxylation is 1. The molecule has 27 heavy (non-hydrogen) atoms. The highest BCUT2D eigenvalue weighted by molar-refractivity contribution is 7.15. The molecule has 2 aromatic heterocycles. The zero-order valence-corrected chi connectivity index (χ0v) is 17.0. The molecule has 0 bridgehead atoms. The molecule has 0 aliphatic carbocycles. The number of thiazole rings is 1. The standard InChI is InChI=1S/C19H28N6OS/c1-3-15-13-20-18(27-15)25-10-8-24(9-11-25)17-12-16(21-14-22-17)23-6-4-19(2,26)5-7-23/h12-14,26H,3-11H2,1-2H3. The fourth-order valence-corrected chi connectivity index (χ4v) is 4.54. The van der Waals surface area contributed by atoms with Crippen LogP contribution in [0, 0.1) is 0 Å². The zero-order valence-electron chi connectivity index (χ0n) is 16.1. The number of aliphatic hydroxyl groups is 1. The van der Waals surface area contributed by atoms with Gasteiger partial charge in [-0.1, -0.05) is 6.92 Å². The molecule has 0 amide bonds. The lowest BCUT2D eigenvalue weighted by Gasteiger charge is -2.37. The predicted molar refractivity (Wildman–Crippen MR) is 110 cm³/mol. The second kappa shape index (κ2) is 7.59. The largest absolute Gasteiger partial charge is 0.390 e. The number of rotatable bonds is 4. The van der Waals surface area contributed by atoms with Crippen molar-refractivity contribution in [2.75, 3.05) is 54.0 Å². The fraction of sp³-hybridized carbons (Fsp3) is 0.632. The van der Waals surface area contributed by atoms with Gasteiger partial charge in [-0.25, -0.2) is 15.0 Å². The normalized spacial score (nSPS) is 20.2. The molecule has 4 rings (SSSR count). The Morgan fingerprint density at radius 1 is 0.963 bits per heavy atom. The molecule has 2 aromatic rings. The van der Waals surface area contributed by atoms with E-state index in [0.29, 0.717) is 0 Å². The van der Waals surface area contributed by atoms with Crippen molar-refractivity contribution in [3.05, 3.63) is 23.5 Å². The summed E-state index contributed by atoms with van der Waals surface area (Å²) in [4.78, 5) is 21.8. The van der Waals surface area contributed by atoms with Crippen LogP contribution in [0.15, 0.2) is 18.6 Å². The number of hydrogen-bond acceptors (Lipinski definition) is 8. The van der Waals surface area contributed by atoms with Gasteiger partial charge >= 0.3 is 0 Å². The van der Waals surface area contributed by atoms with Gasteiger partial charge in [0.1, 0.15) is 18.0 Å². The van der Waals surface area contributed by atoms with Crippen LogP contribution in [0.4, 0.5) is 16.8 Å². The van der Waals surface area contributed by atoms with E-state index in [1.807, 2.05) is 13.1 Å². The van der Waals surface area contributed by atoms with E-state index in [9.17, 15) is 5.11 Å². The van der Waals surface area contributed by atoms with E-state index in [1.54, 1.807) is 17.7 Å². The molecule has 146 valence electrons. The molecule has 1 N–H and O–H groups in total. The van der Waals surface area contributed by atoms with E-state index in [4.69, 9.17) is 0 Å². The molecule has 0 spiro atoms. The second-order valence-electron chi connectivity index (χ2n) is 7.66. The van der Waals surface area contributed by atoms with Gasteiger partial charge in [-0.3, -0.25) is 0 Å². The lowest BCUT2D eigenvalue weighted by atomic mass is 9.94. The van der Waals surface area contributed by atoms with Gasteiger partial charge in [-0.15, -0.1) is 11.3 Å². The van der Waals surface area contributed by atoms with E-state index in [2.05, 4.69) is 42.6 Å². The number of aromatic nitrogens is 3. The summed E-state index contributed by atoms with van der Waals surface area (Å²) in [7, 11) is 0. The van der Waals surface area contributed by atoms with Crippen molar-refractivity contribution in [2.24, 2.45) is 0 Å². The Balaban J connectivity index is 1.38. The first-order valence-corrected chi connectivity index (χ1v) is 10.6. The van der Waals surface area contributed by atoms with Gasteiger partial charge in [-0.2, -0.15) is 0 Å². The van der Waals surface area contributed by atoms with Gasteiger partial charge in [0.05, 0.1) is 5.60 Å². The van der Waals surface area contributed by atoms with Crippen LogP contribution in [0.25, 0.3) is 0 Å². The smallest absolute Gasteiger partial charge is 0.185 e. The van der Waals surface area contributed by atoms with E-state index in [1.165, 1.54) is 4.88 Å². The Bertz CT molecular complexity index is 761. The van der Waals surface area contributed by atoms with Crippen LogP contribution in [0.1, 0.15) is 31.6 Å². The van der Waals surface area contributed by atoms with E-state index < -0.39 is 5.60 Å². The van der Waals surface area contributed by atoms with Gasteiger partial charge in [0.15, 0.2) is 5.13 Å². The molecular formula is C19H28N6OS. The number of nitrogens with zero attached hydrogens (tertiary/aromatic N) is 6. The first kappa shape index (κ1) is 18.4. The molecule has 4 heterocycles. The Kier molecular flexibility index (Phi) is 5.19. The SMILES string of the molecule is CCc1cnc(N2CCN(c3cc(N4CCC(C)(O)CC4)ncn3)CC2)s1. The van der Waals surface area contributed by atoms with Crippen LogP contribution in [-0.4, -0.2) is 64.9 Å². The number of anilines is 3. The van der Waals surface area contributed by atoms with E-state index in [-0.39, 0.29) is 0 Å². The van der Waals surface area contributed by atoms with Crippen LogP contribution < -0.4 is 14.7 Å². The molecule has 2 saturated heterocycles. The minimum absolute atomic E-state index is 0.545. The number of hydrogen-bond donors (Lipinski definition) is 1. The fourth-order valence-electron chi connectivity index (χ4n) is 3.63. The van der Waals surface area contributed by atoms with Crippen LogP contribution in [0.5, 0.6) is 0 Å². The summed E-state index contributed by atoms with van der Waals surface area (Å²) in [5.41, 5.74) is -0.545. The Labute approximate surface area is 164 Å². The quantitative estimate of drug-likeness (QED) is 0.861. The molecule has 0 unspecified atom stereocenters. The molecule has 8 heteroatoms. The Morgan fingerprint density at radius 3 is 2.15 bits per heavy atom. The summed E-state index contributed by atoms with van der Waals surface area (Å²) in [6.07, 6.45) is 6.27. The topological polar surface area (TPSA) is 68.6 Å². The molecule has 7 nitrogen and oxygen atoms in total. The van der Waals surface area contributed by atoms with Crippen molar-refractivity contribution >= 4 is 28.1 Å². The van der Waals surface area contributed by atoms with Crippen molar-refractivity contribution in [3.63, 3.8) is 0 Å². The summed E-state index contributed by atoms with van der Waals surface area (Å²) in [5.74, 6) is 1.95. The maximum Gasteiger partial charge on any atom is 0.185 e. The molecule has 0 saturated carbocycles. The number of piperazine rings is 1. The molecule has 0 radical (unpaired) electrons. The highest BCUT2D eigenvalue weighted by Crippen LogP contribution is 2.28. The average Bonchev–Trinajstić information content (AvgIpc) is 3.17. The summed E-state index contributed by atoms with van der Waals surface area (Å²) in [6.45, 7) is 9.55. The first-order valence-electron chi connectivity index (χ1n) is 9.78. The zero-order chi connectivity index (χ0) is 18.9. The minimum Gasteiger partial charge on any atom is -0.390 e. The lowest BCUT2D eigenvalue weighted by molar-refractivity contribution is 0.0350. The van der Waals surface area contributed by atoms with Crippen molar-refractivity contribution in [2.45, 2.75) is 38.7 Å². The summed E-state index contributed by atoms with van der Waals surface area (Å²) < 4.78 is 0. The molecule has 0 aromatic carbocycles. The Morgan fingerprint density at radius 2 is 1.56 bits per heavy atom. The Hall–Kier alpha value is -1.93. The van der Waals surface area contributed by atoms with Gasteiger partial charge < -0.3 is 19.8 Å². The van der Waals surface area contributed by atoms with Crippen LogP contribution in [-0.2, 0) is 6.42 Å². The first-order chi connectivity index (χ1) is 13.0. The number of piperidine rings is 1. The van der Waals surface area contributed by atoms with Crippen molar-refractivity contribution in [1.82, 2.24) is 15.0 Å². The van der Waals surface area contributed by atoms with Gasteiger partial charge in [-0.05, 0) is 26.2 Å². The highest BCUT2D eigenvalue weighted by atomic mass is 32.1. The molecular weight excluding hydrogens is 360 g/mol. The second-order valence-corrected chi connectivity index (χ2v) is 8.75. The molecule has 0 atom stereocenters. The lowest BCUT2D eigenvalue weighted by Crippen LogP contribution is -2.47. The maximum atomic E-state index is 10.2. The molecule has 2 fully saturated rings. The monoisotopic (exact) mass is 388 g/mol. The van der Waals surface area contributed by atoms with Crippen LogP contribution in [0.2, 0.25) is 0 Å². The highest BCUT2D eigenvalue weighted by Gasteiger charge is 2.28. The maximum absolute atomic E-state index is 10.2. The van der Waals surface area contributed by atoms with Crippen LogP contribution in [0.3, 0.4) is 0 Å². The predicted octanol–water partition coefficient (Wildman–Crippen LogP) is 2.17. The third-order valence-electron chi connectivity index (χ3n) is 5.57. The third kappa shape index (κ3) is 4.16. The minimum atomic E-state index is -0.545. The van der Waals surface area contributed by atoms with Crippen molar-refractivity contribution in [3.8, 4) is 0 Å². The summed E-state index contributed by atoms with van der Waals surface area (Å²) in [6, 6.07) is 2.09. The third-order valence-corrected chi connectivity index (χ3v) is 6.77. The van der Waals surface area contributed by atoms with Gasteiger partial charge in [0, 0.05) is 56.4 Å². The van der Waals surface area contributed by atoms with Gasteiger partial charge in [0.2, 0.25) is 0 Å². The summed E-state index contributed by atoms with van der Waals surface area (Å²) >= 11 is 1.80.